The zero-order valence-electron chi connectivity index (χ0n) is 13.1. The van der Waals surface area contributed by atoms with Crippen LogP contribution in [0, 0.1) is 5.82 Å². The summed E-state index contributed by atoms with van der Waals surface area (Å²) in [5.41, 5.74) is 2.23. The number of amides is 1. The SMILES string of the molecule is O=C(Nc1ccc(N2CCCCCC2)cc1)c1cccc(F)c1. The standard InChI is InChI=1S/C19H21FN2O/c20-16-7-5-6-15(14-16)19(23)21-17-8-10-18(11-9-17)22-12-3-1-2-4-13-22/h5-11,14H,1-4,12-13H2,(H,21,23). The van der Waals surface area contributed by atoms with Crippen molar-refractivity contribution in [1.29, 1.82) is 0 Å². The van der Waals surface area contributed by atoms with Gasteiger partial charge in [-0.25, -0.2) is 4.39 Å². The molecule has 3 nitrogen and oxygen atoms in total. The fraction of sp³-hybridized carbons (Fsp3) is 0.316. The van der Waals surface area contributed by atoms with Crippen molar-refractivity contribution in [2.45, 2.75) is 25.7 Å². The zero-order chi connectivity index (χ0) is 16.1. The fourth-order valence-electron chi connectivity index (χ4n) is 2.92. The van der Waals surface area contributed by atoms with Gasteiger partial charge in [0, 0.05) is 30.0 Å². The van der Waals surface area contributed by atoms with Gasteiger partial charge in [0.05, 0.1) is 0 Å². The highest BCUT2D eigenvalue weighted by atomic mass is 19.1. The van der Waals surface area contributed by atoms with Gasteiger partial charge in [-0.1, -0.05) is 18.9 Å². The van der Waals surface area contributed by atoms with E-state index in [1.165, 1.54) is 49.6 Å². The van der Waals surface area contributed by atoms with Gasteiger partial charge in [0.15, 0.2) is 0 Å². The number of nitrogens with zero attached hydrogens (tertiary/aromatic N) is 1. The first kappa shape index (κ1) is 15.5. The third-order valence-corrected chi connectivity index (χ3v) is 4.18. The van der Waals surface area contributed by atoms with Crippen LogP contribution in [0.15, 0.2) is 48.5 Å². The van der Waals surface area contributed by atoms with E-state index in [0.717, 1.165) is 18.8 Å². The molecular formula is C19H21FN2O. The van der Waals surface area contributed by atoms with Gasteiger partial charge in [0.2, 0.25) is 0 Å². The normalized spacial score (nSPS) is 15.1. The van der Waals surface area contributed by atoms with Crippen molar-refractivity contribution < 1.29 is 9.18 Å². The summed E-state index contributed by atoms with van der Waals surface area (Å²) in [6.45, 7) is 2.18. The first-order chi connectivity index (χ1) is 11.2. The molecule has 0 aliphatic carbocycles. The Balaban J connectivity index is 1.66. The van der Waals surface area contributed by atoms with E-state index in [2.05, 4.69) is 10.2 Å². The number of carbonyl (C=O) groups excluding carboxylic acids is 1. The Hall–Kier alpha value is -2.36. The molecule has 120 valence electrons. The quantitative estimate of drug-likeness (QED) is 0.907. The summed E-state index contributed by atoms with van der Waals surface area (Å²) < 4.78 is 13.2. The molecule has 3 rings (SSSR count). The van der Waals surface area contributed by atoms with Crippen LogP contribution >= 0.6 is 0 Å². The molecule has 1 saturated heterocycles. The van der Waals surface area contributed by atoms with Crippen molar-refractivity contribution in [3.8, 4) is 0 Å². The Labute approximate surface area is 136 Å². The van der Waals surface area contributed by atoms with Crippen molar-refractivity contribution in [3.63, 3.8) is 0 Å². The number of hydrogen-bond acceptors (Lipinski definition) is 2. The van der Waals surface area contributed by atoms with Crippen LogP contribution in [0.1, 0.15) is 36.0 Å². The van der Waals surface area contributed by atoms with Crippen LogP contribution in [0.4, 0.5) is 15.8 Å². The second-order valence-electron chi connectivity index (χ2n) is 5.91. The van der Waals surface area contributed by atoms with E-state index < -0.39 is 5.82 Å². The lowest BCUT2D eigenvalue weighted by Crippen LogP contribution is -2.23. The molecule has 0 radical (unpaired) electrons. The molecule has 0 unspecified atom stereocenters. The Morgan fingerprint density at radius 3 is 2.30 bits per heavy atom. The fourth-order valence-corrected chi connectivity index (χ4v) is 2.92. The maximum absolute atomic E-state index is 13.2. The maximum atomic E-state index is 13.2. The summed E-state index contributed by atoms with van der Waals surface area (Å²) >= 11 is 0. The molecular weight excluding hydrogens is 291 g/mol. The molecule has 23 heavy (non-hydrogen) atoms. The van der Waals surface area contributed by atoms with Gasteiger partial charge in [-0.3, -0.25) is 4.79 Å². The summed E-state index contributed by atoms with van der Waals surface area (Å²) in [6, 6.07) is 13.6. The zero-order valence-corrected chi connectivity index (χ0v) is 13.1. The molecule has 1 N–H and O–H groups in total. The molecule has 1 aliphatic heterocycles. The highest BCUT2D eigenvalue weighted by Gasteiger charge is 2.11. The van der Waals surface area contributed by atoms with Crippen molar-refractivity contribution >= 4 is 17.3 Å². The van der Waals surface area contributed by atoms with E-state index in [0.29, 0.717) is 5.56 Å². The summed E-state index contributed by atoms with van der Waals surface area (Å²) in [5, 5.41) is 2.80. The highest BCUT2D eigenvalue weighted by molar-refractivity contribution is 6.04. The van der Waals surface area contributed by atoms with Gasteiger partial charge in [0.1, 0.15) is 5.82 Å². The van der Waals surface area contributed by atoms with Crippen LogP contribution in [0.25, 0.3) is 0 Å². The number of hydrogen-bond donors (Lipinski definition) is 1. The number of halogens is 1. The van der Waals surface area contributed by atoms with Gasteiger partial charge in [-0.05, 0) is 55.3 Å². The minimum absolute atomic E-state index is 0.299. The average Bonchev–Trinajstić information content (AvgIpc) is 2.85. The summed E-state index contributed by atoms with van der Waals surface area (Å²) in [7, 11) is 0. The van der Waals surface area contributed by atoms with Crippen LogP contribution < -0.4 is 10.2 Å². The molecule has 0 atom stereocenters. The number of carbonyl (C=O) groups is 1. The summed E-state index contributed by atoms with van der Waals surface area (Å²) in [4.78, 5) is 14.5. The third-order valence-electron chi connectivity index (χ3n) is 4.18. The van der Waals surface area contributed by atoms with Crippen LogP contribution in [-0.2, 0) is 0 Å². The predicted octanol–water partition coefficient (Wildman–Crippen LogP) is 4.46. The van der Waals surface area contributed by atoms with Crippen molar-refractivity contribution in [2.24, 2.45) is 0 Å². The van der Waals surface area contributed by atoms with E-state index in [1.54, 1.807) is 6.07 Å². The maximum Gasteiger partial charge on any atom is 0.255 e. The van der Waals surface area contributed by atoms with Gasteiger partial charge >= 0.3 is 0 Å². The molecule has 0 aromatic heterocycles. The second-order valence-corrected chi connectivity index (χ2v) is 5.91. The number of nitrogens with one attached hydrogen (secondary N) is 1. The van der Waals surface area contributed by atoms with Gasteiger partial charge in [-0.15, -0.1) is 0 Å². The third kappa shape index (κ3) is 4.09. The molecule has 0 bridgehead atoms. The summed E-state index contributed by atoms with van der Waals surface area (Å²) in [5.74, 6) is -0.707. The minimum Gasteiger partial charge on any atom is -0.372 e. The van der Waals surface area contributed by atoms with Gasteiger partial charge in [0.25, 0.3) is 5.91 Å². The Bertz CT molecular complexity index is 661. The molecule has 1 amide bonds. The lowest BCUT2D eigenvalue weighted by molar-refractivity contribution is 0.102. The monoisotopic (exact) mass is 312 g/mol. The second kappa shape index (κ2) is 7.27. The van der Waals surface area contributed by atoms with Crippen LogP contribution in [0.2, 0.25) is 0 Å². The summed E-state index contributed by atoms with van der Waals surface area (Å²) in [6.07, 6.45) is 5.08. The Kier molecular flexibility index (Phi) is 4.91. The first-order valence-electron chi connectivity index (χ1n) is 8.14. The molecule has 1 aliphatic rings. The van der Waals surface area contributed by atoms with Gasteiger partial charge in [-0.2, -0.15) is 0 Å². The molecule has 2 aromatic carbocycles. The lowest BCUT2D eigenvalue weighted by Gasteiger charge is -2.22. The Morgan fingerprint density at radius 1 is 0.957 bits per heavy atom. The molecule has 1 heterocycles. The number of rotatable bonds is 3. The number of anilines is 2. The smallest absolute Gasteiger partial charge is 0.255 e. The van der Waals surface area contributed by atoms with E-state index in [1.807, 2.05) is 24.3 Å². The Morgan fingerprint density at radius 2 is 1.65 bits per heavy atom. The lowest BCUT2D eigenvalue weighted by atomic mass is 10.2. The first-order valence-corrected chi connectivity index (χ1v) is 8.14. The molecule has 0 spiro atoms. The molecule has 0 saturated carbocycles. The van der Waals surface area contributed by atoms with Crippen molar-refractivity contribution in [1.82, 2.24) is 0 Å². The number of benzene rings is 2. The van der Waals surface area contributed by atoms with Crippen LogP contribution in [-0.4, -0.2) is 19.0 Å². The molecule has 4 heteroatoms. The minimum atomic E-state index is -0.408. The largest absolute Gasteiger partial charge is 0.372 e. The van der Waals surface area contributed by atoms with Gasteiger partial charge < -0.3 is 10.2 Å². The van der Waals surface area contributed by atoms with Crippen LogP contribution in [0.5, 0.6) is 0 Å². The van der Waals surface area contributed by atoms with E-state index in [4.69, 9.17) is 0 Å². The molecule has 2 aromatic rings. The van der Waals surface area contributed by atoms with E-state index >= 15 is 0 Å². The van der Waals surface area contributed by atoms with E-state index in [-0.39, 0.29) is 5.91 Å². The van der Waals surface area contributed by atoms with Crippen molar-refractivity contribution in [2.75, 3.05) is 23.3 Å². The van der Waals surface area contributed by atoms with Crippen LogP contribution in [0.3, 0.4) is 0 Å². The highest BCUT2D eigenvalue weighted by Crippen LogP contribution is 2.22. The van der Waals surface area contributed by atoms with Crippen molar-refractivity contribution in [3.05, 3.63) is 59.9 Å². The predicted molar refractivity (Wildman–Crippen MR) is 91.5 cm³/mol. The topological polar surface area (TPSA) is 32.3 Å². The average molecular weight is 312 g/mol. The van der Waals surface area contributed by atoms with E-state index in [9.17, 15) is 9.18 Å². The molecule has 1 fully saturated rings.